The number of unbranched alkanes of at least 4 members (excludes halogenated alkanes) is 1. The van der Waals surface area contributed by atoms with Gasteiger partial charge in [0.2, 0.25) is 0 Å². The molecular weight excluding hydrogens is 457 g/mol. The van der Waals surface area contributed by atoms with Crippen molar-refractivity contribution in [2.24, 2.45) is 0 Å². The summed E-state index contributed by atoms with van der Waals surface area (Å²) < 4.78 is 39.4. The summed E-state index contributed by atoms with van der Waals surface area (Å²) in [5, 5.41) is 8.90. The fraction of sp³-hybridized carbons (Fsp3) is 0.429. The van der Waals surface area contributed by atoms with Crippen molar-refractivity contribution in [3.8, 4) is 0 Å². The van der Waals surface area contributed by atoms with Gasteiger partial charge in [-0.3, -0.25) is 4.57 Å². The summed E-state index contributed by atoms with van der Waals surface area (Å²) in [6.07, 6.45) is 2.49. The van der Waals surface area contributed by atoms with E-state index in [1.807, 2.05) is 6.92 Å². The van der Waals surface area contributed by atoms with Crippen molar-refractivity contribution in [3.63, 3.8) is 0 Å². The van der Waals surface area contributed by atoms with Gasteiger partial charge in [0, 0.05) is 15.8 Å². The first kappa shape index (κ1) is 20.9. The third-order valence-corrected chi connectivity index (χ3v) is 7.00. The van der Waals surface area contributed by atoms with Crippen molar-refractivity contribution < 1.29 is 23.1 Å². The number of benzene rings is 1. The highest BCUT2D eigenvalue weighted by molar-refractivity contribution is 9.10. The van der Waals surface area contributed by atoms with Crippen molar-refractivity contribution >= 4 is 46.6 Å². The van der Waals surface area contributed by atoms with E-state index < -0.39 is 18.8 Å². The first-order valence-corrected chi connectivity index (χ1v) is 11.5. The Morgan fingerprint density at radius 3 is 2.60 bits per heavy atom. The van der Waals surface area contributed by atoms with Crippen LogP contribution in [0.15, 0.2) is 27.0 Å². The summed E-state index contributed by atoms with van der Waals surface area (Å²) in [7, 11) is -5.57. The number of thioether (sulfide) groups is 1. The molecule has 1 aromatic heterocycles. The second kappa shape index (κ2) is 8.54. The quantitative estimate of drug-likeness (QED) is 0.321. The van der Waals surface area contributed by atoms with Gasteiger partial charge in [-0.15, -0.1) is 10.2 Å². The van der Waals surface area contributed by atoms with Crippen molar-refractivity contribution in [2.75, 3.05) is 5.75 Å². The second-order valence-corrected chi connectivity index (χ2v) is 10.3. The van der Waals surface area contributed by atoms with Crippen molar-refractivity contribution in [2.45, 2.75) is 36.2 Å². The van der Waals surface area contributed by atoms with Crippen LogP contribution >= 0.6 is 46.6 Å². The highest BCUT2D eigenvalue weighted by atomic mass is 79.9. The molecule has 11 heteroatoms. The molecule has 0 aliphatic heterocycles. The Morgan fingerprint density at radius 1 is 1.32 bits per heavy atom. The summed E-state index contributed by atoms with van der Waals surface area (Å²) in [6.45, 7) is 1.90. The fourth-order valence-corrected chi connectivity index (χ4v) is 5.26. The molecule has 0 amide bonds. The van der Waals surface area contributed by atoms with Crippen LogP contribution in [-0.2, 0) is 16.6 Å². The SMILES string of the molecule is Cc1nnc(SCCCCc2ccc(C(F)(F)P(=O)(O)O)c(Br)c2)s1. The monoisotopic (exact) mass is 472 g/mol. The standard InChI is InChI=1S/C14H16BrF2N2O3PS2/c1-9-18-19-13(25-9)24-7-3-2-4-10-5-6-11(12(15)8-10)14(16,17)23(20,21)22/h5-6,8H,2-4,7H2,1H3,(H2,20,21,22). The lowest BCUT2D eigenvalue weighted by atomic mass is 10.1. The number of hydrogen-bond acceptors (Lipinski definition) is 5. The highest BCUT2D eigenvalue weighted by Gasteiger charge is 2.51. The molecule has 2 N–H and O–H groups in total. The van der Waals surface area contributed by atoms with Crippen LogP contribution in [0.2, 0.25) is 0 Å². The van der Waals surface area contributed by atoms with E-state index in [0.29, 0.717) is 6.42 Å². The van der Waals surface area contributed by atoms with E-state index in [9.17, 15) is 13.3 Å². The lowest BCUT2D eigenvalue weighted by Crippen LogP contribution is -2.14. The van der Waals surface area contributed by atoms with Gasteiger partial charge in [-0.2, -0.15) is 8.78 Å². The van der Waals surface area contributed by atoms with Gasteiger partial charge in [0.25, 0.3) is 0 Å². The van der Waals surface area contributed by atoms with Crippen LogP contribution in [0.1, 0.15) is 29.0 Å². The van der Waals surface area contributed by atoms with Gasteiger partial charge in [-0.1, -0.05) is 51.2 Å². The Balaban J connectivity index is 1.87. The zero-order valence-corrected chi connectivity index (χ0v) is 17.3. The molecule has 0 aliphatic carbocycles. The lowest BCUT2D eigenvalue weighted by molar-refractivity contribution is 0.0557. The summed E-state index contributed by atoms with van der Waals surface area (Å²) >= 11 is 6.18. The largest absolute Gasteiger partial charge is 0.399 e. The number of alkyl halides is 2. The van der Waals surface area contributed by atoms with Gasteiger partial charge in [0.1, 0.15) is 5.01 Å². The average molecular weight is 473 g/mol. The molecule has 2 aromatic rings. The molecule has 0 saturated carbocycles. The first-order chi connectivity index (χ1) is 11.6. The van der Waals surface area contributed by atoms with Crippen molar-refractivity contribution in [1.29, 1.82) is 0 Å². The third-order valence-electron chi connectivity index (χ3n) is 3.32. The Kier molecular flexibility index (Phi) is 7.15. The summed E-state index contributed by atoms with van der Waals surface area (Å²) in [5.41, 5.74) is -4.08. The average Bonchev–Trinajstić information content (AvgIpc) is 2.91. The van der Waals surface area contributed by atoms with E-state index in [1.54, 1.807) is 23.1 Å². The number of nitrogens with zero attached hydrogens (tertiary/aromatic N) is 2. The topological polar surface area (TPSA) is 83.3 Å². The van der Waals surface area contributed by atoms with Crippen molar-refractivity contribution in [3.05, 3.63) is 38.8 Å². The molecule has 0 atom stereocenters. The molecule has 0 unspecified atom stereocenters. The van der Waals surface area contributed by atoms with Crippen LogP contribution in [0.25, 0.3) is 0 Å². The number of aromatic nitrogens is 2. The molecule has 0 fully saturated rings. The van der Waals surface area contributed by atoms with Crippen LogP contribution in [0.5, 0.6) is 0 Å². The van der Waals surface area contributed by atoms with E-state index in [1.165, 1.54) is 12.1 Å². The van der Waals surface area contributed by atoms with Gasteiger partial charge in [0.15, 0.2) is 4.34 Å². The molecule has 25 heavy (non-hydrogen) atoms. The third kappa shape index (κ3) is 5.55. The normalized spacial score (nSPS) is 12.6. The molecule has 0 spiro atoms. The van der Waals surface area contributed by atoms with Crippen LogP contribution < -0.4 is 0 Å². The van der Waals surface area contributed by atoms with E-state index in [4.69, 9.17) is 9.79 Å². The predicted octanol–water partition coefficient (Wildman–Crippen LogP) is 4.95. The number of rotatable bonds is 8. The zero-order chi connectivity index (χ0) is 18.7. The molecule has 0 aliphatic rings. The summed E-state index contributed by atoms with van der Waals surface area (Å²) in [4.78, 5) is 17.6. The Bertz CT molecular complexity index is 785. The maximum Gasteiger partial charge on any atom is 0.399 e. The number of aryl methyl sites for hydroxylation is 2. The first-order valence-electron chi connectivity index (χ1n) is 7.26. The van der Waals surface area contributed by atoms with E-state index in [2.05, 4.69) is 26.1 Å². The van der Waals surface area contributed by atoms with Gasteiger partial charge in [-0.25, -0.2) is 0 Å². The Hall–Kier alpha value is -0.380. The summed E-state index contributed by atoms with van der Waals surface area (Å²) in [5.74, 6) is 0.893. The smallest absolute Gasteiger partial charge is 0.320 e. The molecule has 138 valence electrons. The zero-order valence-electron chi connectivity index (χ0n) is 13.2. The van der Waals surface area contributed by atoms with E-state index >= 15 is 0 Å². The number of hydrogen-bond donors (Lipinski definition) is 2. The minimum atomic E-state index is -5.57. The molecule has 2 rings (SSSR count). The maximum absolute atomic E-state index is 13.8. The van der Waals surface area contributed by atoms with Crippen LogP contribution in [-0.4, -0.2) is 25.7 Å². The van der Waals surface area contributed by atoms with Crippen LogP contribution in [0.3, 0.4) is 0 Å². The molecule has 0 bridgehead atoms. The molecule has 1 aromatic carbocycles. The van der Waals surface area contributed by atoms with Gasteiger partial charge >= 0.3 is 13.3 Å². The molecule has 0 radical (unpaired) electrons. The molecule has 0 saturated heterocycles. The maximum atomic E-state index is 13.8. The van der Waals surface area contributed by atoms with E-state index in [0.717, 1.165) is 39.6 Å². The van der Waals surface area contributed by atoms with Gasteiger partial charge in [-0.05, 0) is 37.8 Å². The summed E-state index contributed by atoms with van der Waals surface area (Å²) in [6, 6.07) is 4.03. The van der Waals surface area contributed by atoms with Crippen molar-refractivity contribution in [1.82, 2.24) is 10.2 Å². The van der Waals surface area contributed by atoms with E-state index in [-0.39, 0.29) is 4.47 Å². The molecular formula is C14H16BrF2N2O3PS2. The second-order valence-electron chi connectivity index (χ2n) is 5.29. The highest BCUT2D eigenvalue weighted by Crippen LogP contribution is 2.60. The van der Waals surface area contributed by atoms with Gasteiger partial charge < -0.3 is 9.79 Å². The van der Waals surface area contributed by atoms with Crippen LogP contribution in [0.4, 0.5) is 8.78 Å². The Morgan fingerprint density at radius 2 is 2.04 bits per heavy atom. The minimum Gasteiger partial charge on any atom is -0.320 e. The van der Waals surface area contributed by atoms with Gasteiger partial charge in [0.05, 0.1) is 0 Å². The van der Waals surface area contributed by atoms with Crippen LogP contribution in [0, 0.1) is 6.92 Å². The molecule has 5 nitrogen and oxygen atoms in total. The lowest BCUT2D eigenvalue weighted by Gasteiger charge is -2.19. The predicted molar refractivity (Wildman–Crippen MR) is 98.4 cm³/mol. The fourth-order valence-electron chi connectivity index (χ4n) is 2.04. The minimum absolute atomic E-state index is 0.00275. The molecule has 1 heterocycles. The number of halogens is 3. The Labute approximate surface area is 160 Å².